The Balaban J connectivity index is 2.21. The molecule has 0 fully saturated rings. The van der Waals surface area contributed by atoms with Gasteiger partial charge in [-0.15, -0.1) is 0 Å². The van der Waals surface area contributed by atoms with Crippen LogP contribution < -0.4 is 9.84 Å². The molecule has 0 bridgehead atoms. The van der Waals surface area contributed by atoms with Gasteiger partial charge in [-0.25, -0.2) is 4.98 Å². The number of nitrogens with zero attached hydrogens (tertiary/aromatic N) is 1. The fraction of sp³-hybridized carbons (Fsp3) is 0.158. The van der Waals surface area contributed by atoms with Gasteiger partial charge in [-0.3, -0.25) is 0 Å². The highest BCUT2D eigenvalue weighted by Gasteiger charge is 2.13. The summed E-state index contributed by atoms with van der Waals surface area (Å²) in [7, 11) is 0. The summed E-state index contributed by atoms with van der Waals surface area (Å²) < 4.78 is 5.43. The molecule has 0 aliphatic rings. The molecule has 3 aromatic rings. The molecule has 0 atom stereocenters. The van der Waals surface area contributed by atoms with Gasteiger partial charge < -0.3 is 14.6 Å². The molecule has 0 radical (unpaired) electrons. The molecular weight excluding hydrogens is 290 g/mol. The Hall–Kier alpha value is -2.88. The van der Waals surface area contributed by atoms with Crippen LogP contribution in [0, 0.1) is 6.92 Å². The summed E-state index contributed by atoms with van der Waals surface area (Å²) in [6.45, 7) is 4.28. The van der Waals surface area contributed by atoms with Crippen molar-refractivity contribution < 1.29 is 14.6 Å². The average molecular weight is 306 g/mol. The first-order valence-electron chi connectivity index (χ1n) is 7.45. The molecule has 0 aliphatic carbocycles. The number of aromatic carboxylic acids is 1. The van der Waals surface area contributed by atoms with E-state index in [0.717, 1.165) is 11.3 Å². The van der Waals surface area contributed by atoms with Crippen molar-refractivity contribution in [1.29, 1.82) is 0 Å². The van der Waals surface area contributed by atoms with Crippen LogP contribution in [-0.4, -0.2) is 17.6 Å². The maximum Gasteiger partial charge on any atom is 0.119 e. The molecule has 4 heteroatoms. The second kappa shape index (κ2) is 6.08. The van der Waals surface area contributed by atoms with E-state index in [1.54, 1.807) is 25.1 Å². The smallest absolute Gasteiger partial charge is 0.119 e. The van der Waals surface area contributed by atoms with Crippen molar-refractivity contribution in [3.63, 3.8) is 0 Å². The average Bonchev–Trinajstić information content (AvgIpc) is 2.55. The predicted octanol–water partition coefficient (Wildman–Crippen LogP) is 2.97. The number of hydrogen-bond donors (Lipinski definition) is 0. The molecule has 0 saturated carbocycles. The van der Waals surface area contributed by atoms with Crippen LogP contribution in [0.2, 0.25) is 0 Å². The molecule has 116 valence electrons. The van der Waals surface area contributed by atoms with Gasteiger partial charge in [0.25, 0.3) is 0 Å². The number of ether oxygens (including phenoxy) is 1. The van der Waals surface area contributed by atoms with E-state index in [0.29, 0.717) is 28.8 Å². The van der Waals surface area contributed by atoms with Gasteiger partial charge in [0, 0.05) is 16.5 Å². The van der Waals surface area contributed by atoms with Gasteiger partial charge in [0.2, 0.25) is 0 Å². The molecule has 0 saturated heterocycles. The van der Waals surface area contributed by atoms with Gasteiger partial charge in [-0.05, 0) is 49.7 Å². The first kappa shape index (κ1) is 15.0. The lowest BCUT2D eigenvalue weighted by atomic mass is 9.98. The minimum absolute atomic E-state index is 0.194. The number of para-hydroxylation sites is 1. The second-order valence-corrected chi connectivity index (χ2v) is 5.22. The summed E-state index contributed by atoms with van der Waals surface area (Å²) in [5.74, 6) is -0.414. The molecule has 0 aliphatic heterocycles. The highest BCUT2D eigenvalue weighted by atomic mass is 16.5. The maximum absolute atomic E-state index is 11.6. The van der Waals surface area contributed by atoms with Gasteiger partial charge in [-0.1, -0.05) is 18.2 Å². The number of carbonyl (C=O) groups excluding carboxylic acids is 1. The van der Waals surface area contributed by atoms with Crippen LogP contribution in [0.5, 0.6) is 5.75 Å². The highest BCUT2D eigenvalue weighted by molar-refractivity contribution is 6.04. The first-order valence-corrected chi connectivity index (χ1v) is 7.45. The summed E-state index contributed by atoms with van der Waals surface area (Å²) in [4.78, 5) is 16.2. The van der Waals surface area contributed by atoms with Crippen molar-refractivity contribution in [1.82, 2.24) is 4.98 Å². The fourth-order valence-electron chi connectivity index (χ4n) is 2.73. The molecular formula is C19H16NO3-. The Kier molecular flexibility index (Phi) is 3.98. The molecule has 3 rings (SSSR count). The molecule has 23 heavy (non-hydrogen) atoms. The number of carboxylic acid groups (broad SMARTS) is 1. The van der Waals surface area contributed by atoms with E-state index >= 15 is 0 Å². The standard InChI is InChI=1S/C19H17NO3/c1-3-23-14-10-8-13(9-11-14)18-12(2)17(19(21)22)15-6-4-5-7-16(15)20-18/h4-11H,3H2,1-2H3,(H,21,22)/p-1. The van der Waals surface area contributed by atoms with Crippen LogP contribution in [0.4, 0.5) is 0 Å². The third-order valence-corrected chi connectivity index (χ3v) is 3.78. The van der Waals surface area contributed by atoms with E-state index in [4.69, 9.17) is 4.74 Å². The lowest BCUT2D eigenvalue weighted by molar-refractivity contribution is -0.254. The molecule has 4 nitrogen and oxygen atoms in total. The Morgan fingerprint density at radius 2 is 1.83 bits per heavy atom. The zero-order chi connectivity index (χ0) is 16.4. The van der Waals surface area contributed by atoms with Crippen molar-refractivity contribution in [2.45, 2.75) is 13.8 Å². The Morgan fingerprint density at radius 1 is 1.13 bits per heavy atom. The SMILES string of the molecule is CCOc1ccc(-c2nc3ccccc3c(C(=O)[O-])c2C)cc1. The molecule has 0 amide bonds. The van der Waals surface area contributed by atoms with Crippen LogP contribution in [0.15, 0.2) is 48.5 Å². The number of carboxylic acids is 1. The Labute approximate surface area is 134 Å². The predicted molar refractivity (Wildman–Crippen MR) is 87.4 cm³/mol. The summed E-state index contributed by atoms with van der Waals surface area (Å²) in [5.41, 5.74) is 2.93. The molecule has 0 spiro atoms. The van der Waals surface area contributed by atoms with E-state index in [1.165, 1.54) is 0 Å². The van der Waals surface area contributed by atoms with Gasteiger partial charge in [0.15, 0.2) is 0 Å². The minimum Gasteiger partial charge on any atom is -0.545 e. The third kappa shape index (κ3) is 2.75. The largest absolute Gasteiger partial charge is 0.545 e. The van der Waals surface area contributed by atoms with E-state index in [1.807, 2.05) is 37.3 Å². The highest BCUT2D eigenvalue weighted by Crippen LogP contribution is 2.30. The summed E-state index contributed by atoms with van der Waals surface area (Å²) in [6, 6.07) is 14.7. The Morgan fingerprint density at radius 3 is 2.48 bits per heavy atom. The van der Waals surface area contributed by atoms with Crippen LogP contribution >= 0.6 is 0 Å². The number of aromatic nitrogens is 1. The molecule has 0 unspecified atom stereocenters. The minimum atomic E-state index is -1.19. The number of benzene rings is 2. The summed E-state index contributed by atoms with van der Waals surface area (Å²) in [6.07, 6.45) is 0. The summed E-state index contributed by atoms with van der Waals surface area (Å²) >= 11 is 0. The monoisotopic (exact) mass is 306 g/mol. The molecule has 2 aromatic carbocycles. The zero-order valence-corrected chi connectivity index (χ0v) is 13.0. The number of carbonyl (C=O) groups is 1. The lowest BCUT2D eigenvalue weighted by Crippen LogP contribution is -2.24. The van der Waals surface area contributed by atoms with E-state index < -0.39 is 5.97 Å². The van der Waals surface area contributed by atoms with Gasteiger partial charge in [-0.2, -0.15) is 0 Å². The second-order valence-electron chi connectivity index (χ2n) is 5.22. The van der Waals surface area contributed by atoms with Crippen molar-refractivity contribution in [2.24, 2.45) is 0 Å². The quantitative estimate of drug-likeness (QED) is 0.743. The number of rotatable bonds is 4. The molecule has 1 aromatic heterocycles. The normalized spacial score (nSPS) is 10.7. The molecule has 0 N–H and O–H groups in total. The maximum atomic E-state index is 11.6. The van der Waals surface area contributed by atoms with E-state index in [-0.39, 0.29) is 5.56 Å². The van der Waals surface area contributed by atoms with Gasteiger partial charge >= 0.3 is 0 Å². The van der Waals surface area contributed by atoms with Crippen molar-refractivity contribution in [3.8, 4) is 17.0 Å². The van der Waals surface area contributed by atoms with Gasteiger partial charge in [0.1, 0.15) is 5.75 Å². The van der Waals surface area contributed by atoms with E-state index in [9.17, 15) is 9.90 Å². The van der Waals surface area contributed by atoms with Gasteiger partial charge in [0.05, 0.1) is 23.8 Å². The Bertz CT molecular complexity index is 870. The van der Waals surface area contributed by atoms with Crippen molar-refractivity contribution >= 4 is 16.9 Å². The van der Waals surface area contributed by atoms with Crippen molar-refractivity contribution in [3.05, 3.63) is 59.7 Å². The first-order chi connectivity index (χ1) is 11.1. The van der Waals surface area contributed by atoms with Crippen LogP contribution in [-0.2, 0) is 0 Å². The van der Waals surface area contributed by atoms with Crippen molar-refractivity contribution in [2.75, 3.05) is 6.61 Å². The zero-order valence-electron chi connectivity index (χ0n) is 13.0. The topological polar surface area (TPSA) is 62.2 Å². The number of pyridine rings is 1. The number of fused-ring (bicyclic) bond motifs is 1. The number of hydrogen-bond acceptors (Lipinski definition) is 4. The van der Waals surface area contributed by atoms with E-state index in [2.05, 4.69) is 4.98 Å². The molecule has 1 heterocycles. The fourth-order valence-corrected chi connectivity index (χ4v) is 2.73. The van der Waals surface area contributed by atoms with Crippen LogP contribution in [0.1, 0.15) is 22.8 Å². The van der Waals surface area contributed by atoms with Crippen LogP contribution in [0.25, 0.3) is 22.2 Å². The summed E-state index contributed by atoms with van der Waals surface area (Å²) in [5, 5.41) is 12.2. The van der Waals surface area contributed by atoms with Crippen LogP contribution in [0.3, 0.4) is 0 Å². The third-order valence-electron chi connectivity index (χ3n) is 3.78. The lowest BCUT2D eigenvalue weighted by Gasteiger charge is -2.15.